The number of halogens is 3. The number of quaternary nitrogens is 1. The summed E-state index contributed by atoms with van der Waals surface area (Å²) in [6.45, 7) is 2.28. The number of nitrogens with one attached hydrogen (secondary N) is 2. The van der Waals surface area contributed by atoms with Crippen molar-refractivity contribution in [3.8, 4) is 0 Å². The zero-order chi connectivity index (χ0) is 16.0. The topological polar surface area (TPSA) is 45.9 Å². The van der Waals surface area contributed by atoms with E-state index in [-0.39, 0.29) is 5.91 Å². The molecule has 1 saturated heterocycles. The lowest BCUT2D eigenvalue weighted by Crippen LogP contribution is -3.14. The first-order valence-corrected chi connectivity index (χ1v) is 8.01. The standard InChI is InChI=1S/C14H16F3N3OS/c15-14(16,17)12-3-1-11(2-4-12)9-18-19-13(21)10-20-5-7-22-8-6-20/h1-4,9H,5-8,10H2,(H,19,21)/p+1/b18-9-. The van der Waals surface area contributed by atoms with Gasteiger partial charge in [0.05, 0.1) is 24.9 Å². The zero-order valence-corrected chi connectivity index (χ0v) is 12.6. The molecule has 2 rings (SSSR count). The van der Waals surface area contributed by atoms with Crippen molar-refractivity contribution in [1.29, 1.82) is 0 Å². The maximum Gasteiger partial charge on any atom is 0.416 e. The van der Waals surface area contributed by atoms with Gasteiger partial charge >= 0.3 is 6.18 Å². The third-order valence-electron chi connectivity index (χ3n) is 3.25. The van der Waals surface area contributed by atoms with Gasteiger partial charge < -0.3 is 4.90 Å². The number of amides is 1. The van der Waals surface area contributed by atoms with Crippen LogP contribution in [0.2, 0.25) is 0 Å². The minimum absolute atomic E-state index is 0.190. The van der Waals surface area contributed by atoms with Crippen molar-refractivity contribution < 1.29 is 22.9 Å². The van der Waals surface area contributed by atoms with E-state index in [1.54, 1.807) is 0 Å². The summed E-state index contributed by atoms with van der Waals surface area (Å²) >= 11 is 1.88. The van der Waals surface area contributed by atoms with E-state index in [1.807, 2.05) is 11.8 Å². The highest BCUT2D eigenvalue weighted by Gasteiger charge is 2.29. The van der Waals surface area contributed by atoms with Crippen LogP contribution in [0.3, 0.4) is 0 Å². The van der Waals surface area contributed by atoms with E-state index >= 15 is 0 Å². The van der Waals surface area contributed by atoms with Crippen molar-refractivity contribution in [1.82, 2.24) is 5.43 Å². The van der Waals surface area contributed by atoms with Crippen molar-refractivity contribution in [2.45, 2.75) is 6.18 Å². The summed E-state index contributed by atoms with van der Waals surface area (Å²) in [4.78, 5) is 12.9. The van der Waals surface area contributed by atoms with Crippen molar-refractivity contribution in [3.05, 3.63) is 35.4 Å². The number of hydrogen-bond acceptors (Lipinski definition) is 3. The van der Waals surface area contributed by atoms with E-state index in [9.17, 15) is 18.0 Å². The van der Waals surface area contributed by atoms with Crippen molar-refractivity contribution in [3.63, 3.8) is 0 Å². The lowest BCUT2D eigenvalue weighted by atomic mass is 10.1. The van der Waals surface area contributed by atoms with Gasteiger partial charge in [-0.3, -0.25) is 4.79 Å². The molecule has 0 bridgehead atoms. The van der Waals surface area contributed by atoms with E-state index in [2.05, 4.69) is 10.5 Å². The molecule has 8 heteroatoms. The molecule has 1 aromatic carbocycles. The number of carbonyl (C=O) groups excluding carboxylic acids is 1. The second-order valence-corrected chi connectivity index (χ2v) is 6.18. The van der Waals surface area contributed by atoms with Gasteiger partial charge in [-0.25, -0.2) is 5.43 Å². The number of carbonyl (C=O) groups is 1. The minimum Gasteiger partial charge on any atom is -0.326 e. The van der Waals surface area contributed by atoms with Crippen LogP contribution in [-0.4, -0.2) is 43.3 Å². The maximum absolute atomic E-state index is 12.4. The third kappa shape index (κ3) is 5.34. The Morgan fingerprint density at radius 1 is 1.27 bits per heavy atom. The van der Waals surface area contributed by atoms with Gasteiger partial charge in [-0.05, 0) is 17.7 Å². The molecule has 0 aliphatic carbocycles. The van der Waals surface area contributed by atoms with Gasteiger partial charge in [0.25, 0.3) is 5.91 Å². The van der Waals surface area contributed by atoms with Gasteiger partial charge in [-0.15, -0.1) is 0 Å². The first-order valence-electron chi connectivity index (χ1n) is 6.85. The first-order chi connectivity index (χ1) is 10.4. The summed E-state index contributed by atoms with van der Waals surface area (Å²) in [5.41, 5.74) is 2.19. The molecule has 1 heterocycles. The summed E-state index contributed by atoms with van der Waals surface area (Å²) in [6, 6.07) is 4.59. The Morgan fingerprint density at radius 3 is 2.50 bits per heavy atom. The fourth-order valence-electron chi connectivity index (χ4n) is 2.04. The zero-order valence-electron chi connectivity index (χ0n) is 11.8. The fraction of sp³-hybridized carbons (Fsp3) is 0.429. The van der Waals surface area contributed by atoms with Gasteiger partial charge in [0.15, 0.2) is 6.54 Å². The number of nitrogens with zero attached hydrogens (tertiary/aromatic N) is 1. The molecule has 1 aliphatic rings. The molecule has 0 unspecified atom stereocenters. The predicted molar refractivity (Wildman–Crippen MR) is 80.1 cm³/mol. The van der Waals surface area contributed by atoms with E-state index in [1.165, 1.54) is 23.2 Å². The SMILES string of the molecule is O=C(C[NH+]1CCSCC1)N/N=C\c1ccc(C(F)(F)F)cc1. The highest BCUT2D eigenvalue weighted by Crippen LogP contribution is 2.28. The normalized spacial score (nSPS) is 16.9. The van der Waals surface area contributed by atoms with Crippen LogP contribution in [0.1, 0.15) is 11.1 Å². The van der Waals surface area contributed by atoms with Crippen molar-refractivity contribution in [2.75, 3.05) is 31.1 Å². The Labute approximate surface area is 130 Å². The van der Waals surface area contributed by atoms with Crippen LogP contribution in [0.5, 0.6) is 0 Å². The summed E-state index contributed by atoms with van der Waals surface area (Å²) in [5, 5.41) is 3.77. The molecule has 0 spiro atoms. The summed E-state index contributed by atoms with van der Waals surface area (Å²) < 4.78 is 37.2. The van der Waals surface area contributed by atoms with Crippen LogP contribution in [-0.2, 0) is 11.0 Å². The maximum atomic E-state index is 12.4. The predicted octanol–water partition coefficient (Wildman–Crippen LogP) is 0.787. The summed E-state index contributed by atoms with van der Waals surface area (Å²) in [5.74, 6) is 1.92. The molecule has 0 saturated carbocycles. The van der Waals surface area contributed by atoms with E-state index in [4.69, 9.17) is 0 Å². The fourth-order valence-corrected chi connectivity index (χ4v) is 3.11. The molecule has 1 aliphatic heterocycles. The van der Waals surface area contributed by atoms with Crippen LogP contribution in [0.15, 0.2) is 29.4 Å². The van der Waals surface area contributed by atoms with Gasteiger partial charge in [-0.2, -0.15) is 30.0 Å². The molecular weight excluding hydrogens is 315 g/mol. The number of hydrazone groups is 1. The van der Waals surface area contributed by atoms with E-state index in [0.717, 1.165) is 36.7 Å². The number of benzene rings is 1. The summed E-state index contributed by atoms with van der Waals surface area (Å²) in [6.07, 6.45) is -3.02. The molecule has 22 heavy (non-hydrogen) atoms. The molecule has 1 aromatic rings. The molecule has 1 amide bonds. The van der Waals surface area contributed by atoms with Crippen LogP contribution in [0.25, 0.3) is 0 Å². The lowest BCUT2D eigenvalue weighted by Gasteiger charge is -2.21. The highest BCUT2D eigenvalue weighted by atomic mass is 32.2. The van der Waals surface area contributed by atoms with Gasteiger partial charge in [0.1, 0.15) is 0 Å². The third-order valence-corrected chi connectivity index (χ3v) is 4.24. The quantitative estimate of drug-likeness (QED) is 0.632. The van der Waals surface area contributed by atoms with Gasteiger partial charge in [0.2, 0.25) is 0 Å². The smallest absolute Gasteiger partial charge is 0.326 e. The van der Waals surface area contributed by atoms with Gasteiger partial charge in [-0.1, -0.05) is 12.1 Å². The number of thioether (sulfide) groups is 1. The first kappa shape index (κ1) is 16.8. The monoisotopic (exact) mass is 332 g/mol. The lowest BCUT2D eigenvalue weighted by molar-refractivity contribution is -0.888. The minimum atomic E-state index is -4.35. The average molecular weight is 332 g/mol. The number of rotatable bonds is 4. The van der Waals surface area contributed by atoms with Crippen LogP contribution >= 0.6 is 11.8 Å². The van der Waals surface area contributed by atoms with Crippen molar-refractivity contribution >= 4 is 23.9 Å². The van der Waals surface area contributed by atoms with Crippen LogP contribution in [0.4, 0.5) is 13.2 Å². The molecule has 0 atom stereocenters. The van der Waals surface area contributed by atoms with E-state index < -0.39 is 11.7 Å². The molecule has 120 valence electrons. The van der Waals surface area contributed by atoms with Gasteiger partial charge in [0, 0.05) is 11.5 Å². The second kappa shape index (κ2) is 7.64. The second-order valence-electron chi connectivity index (χ2n) is 4.95. The molecule has 4 nitrogen and oxygen atoms in total. The Morgan fingerprint density at radius 2 is 1.91 bits per heavy atom. The Balaban J connectivity index is 1.80. The molecule has 0 aromatic heterocycles. The Hall–Kier alpha value is -1.54. The number of hydrogen-bond donors (Lipinski definition) is 2. The number of alkyl halides is 3. The Bertz CT molecular complexity index is 525. The van der Waals surface area contributed by atoms with Crippen molar-refractivity contribution in [2.24, 2.45) is 5.10 Å². The van der Waals surface area contributed by atoms with Crippen LogP contribution < -0.4 is 10.3 Å². The molecule has 1 fully saturated rings. The average Bonchev–Trinajstić information content (AvgIpc) is 2.48. The highest BCUT2D eigenvalue weighted by molar-refractivity contribution is 7.99. The molecular formula is C14H17F3N3OS+. The largest absolute Gasteiger partial charge is 0.416 e. The van der Waals surface area contributed by atoms with Crippen LogP contribution in [0, 0.1) is 0 Å². The Kier molecular flexibility index (Phi) is 5.84. The van der Waals surface area contributed by atoms with E-state index in [0.29, 0.717) is 12.1 Å². The molecule has 0 radical (unpaired) electrons. The summed E-state index contributed by atoms with van der Waals surface area (Å²) in [7, 11) is 0. The molecule has 2 N–H and O–H groups in total.